The number of ether oxygens (including phenoxy) is 2. The molecule has 0 fully saturated rings. The van der Waals surface area contributed by atoms with Crippen LogP contribution in [0.2, 0.25) is 5.02 Å². The predicted molar refractivity (Wildman–Crippen MR) is 124 cm³/mol. The van der Waals surface area contributed by atoms with Gasteiger partial charge < -0.3 is 14.8 Å². The van der Waals surface area contributed by atoms with Crippen molar-refractivity contribution >= 4 is 39.2 Å². The summed E-state index contributed by atoms with van der Waals surface area (Å²) in [5, 5.41) is 7.80. The van der Waals surface area contributed by atoms with Crippen LogP contribution in [0.3, 0.4) is 0 Å². The van der Waals surface area contributed by atoms with E-state index in [4.69, 9.17) is 26.2 Å². The van der Waals surface area contributed by atoms with Crippen LogP contribution in [0.5, 0.6) is 5.75 Å². The van der Waals surface area contributed by atoms with Crippen LogP contribution < -0.4 is 15.2 Å². The van der Waals surface area contributed by atoms with Crippen molar-refractivity contribution in [3.05, 3.63) is 88.9 Å². The lowest BCUT2D eigenvalue weighted by molar-refractivity contribution is -0.125. The molecule has 0 bridgehead atoms. The highest BCUT2D eigenvalue weighted by Gasteiger charge is 2.28. The van der Waals surface area contributed by atoms with E-state index in [2.05, 4.69) is 5.32 Å². The van der Waals surface area contributed by atoms with Crippen molar-refractivity contribution in [2.45, 2.75) is 17.9 Å². The molecule has 8 nitrogen and oxygen atoms in total. The zero-order valence-corrected chi connectivity index (χ0v) is 19.1. The van der Waals surface area contributed by atoms with Gasteiger partial charge in [0.15, 0.2) is 0 Å². The maximum absolute atomic E-state index is 13.2. The van der Waals surface area contributed by atoms with Crippen molar-refractivity contribution in [1.29, 1.82) is 0 Å². The van der Waals surface area contributed by atoms with Crippen molar-refractivity contribution in [3.8, 4) is 5.75 Å². The molecule has 0 radical (unpaired) electrons. The Morgan fingerprint density at radius 1 is 1.03 bits per heavy atom. The molecule has 0 saturated carbocycles. The number of amides is 1. The molecule has 3 aromatic rings. The fourth-order valence-electron chi connectivity index (χ4n) is 2.96. The molecule has 172 valence electrons. The lowest BCUT2D eigenvalue weighted by Crippen LogP contribution is -2.26. The van der Waals surface area contributed by atoms with E-state index in [1.54, 1.807) is 54.6 Å². The molecule has 10 heteroatoms. The zero-order chi connectivity index (χ0) is 24.0. The highest BCUT2D eigenvalue weighted by molar-refractivity contribution is 7.89. The Bertz CT molecular complexity index is 1260. The van der Waals surface area contributed by atoms with Crippen LogP contribution in [0, 0.1) is 0 Å². The summed E-state index contributed by atoms with van der Waals surface area (Å²) in [5.74, 6) is -1.18. The van der Waals surface area contributed by atoms with Crippen LogP contribution in [-0.2, 0) is 19.6 Å². The quantitative estimate of drug-likeness (QED) is 0.463. The minimum Gasteiger partial charge on any atom is -0.492 e. The lowest BCUT2D eigenvalue weighted by Gasteiger charge is -2.19. The molecule has 1 amide bonds. The summed E-state index contributed by atoms with van der Waals surface area (Å²) in [5.41, 5.74) is 0.554. The summed E-state index contributed by atoms with van der Waals surface area (Å²) in [6, 6.07) is 18.6. The summed E-state index contributed by atoms with van der Waals surface area (Å²) in [4.78, 5) is 25.7. The number of nitrogens with one attached hydrogen (secondary N) is 1. The number of para-hydroxylation sites is 2. The molecular weight excluding hydrogens is 468 g/mol. The molecular formula is C23H21ClN2O6S. The standard InChI is InChI=1S/C23H21ClN2O6S/c1-2-31-20-11-7-6-10-19(20)26-22(27)21(15-8-4-3-5-9-15)32-23(28)17-14-16(33(25,29)30)12-13-18(17)24/h3-14,21H,2H2,1H3,(H,26,27)(H2,25,29,30). The van der Waals surface area contributed by atoms with Crippen molar-refractivity contribution in [3.63, 3.8) is 0 Å². The van der Waals surface area contributed by atoms with Gasteiger partial charge >= 0.3 is 5.97 Å². The third-order valence-corrected chi connectivity index (χ3v) is 5.74. The second kappa shape index (κ2) is 10.5. The van der Waals surface area contributed by atoms with Gasteiger partial charge in [0, 0.05) is 5.56 Å². The molecule has 0 saturated heterocycles. The Balaban J connectivity index is 1.93. The number of carbonyl (C=O) groups excluding carboxylic acids is 2. The van der Waals surface area contributed by atoms with Gasteiger partial charge in [0.2, 0.25) is 16.1 Å². The minimum atomic E-state index is -4.08. The average molecular weight is 489 g/mol. The molecule has 0 aliphatic carbocycles. The number of sulfonamides is 1. The van der Waals surface area contributed by atoms with Gasteiger partial charge in [-0.25, -0.2) is 18.4 Å². The minimum absolute atomic E-state index is 0.0543. The van der Waals surface area contributed by atoms with Gasteiger partial charge in [0.1, 0.15) is 5.75 Å². The molecule has 0 heterocycles. The van der Waals surface area contributed by atoms with Crippen molar-refractivity contribution in [1.82, 2.24) is 0 Å². The summed E-state index contributed by atoms with van der Waals surface area (Å²) in [6.07, 6.45) is -1.36. The Labute approximate surface area is 196 Å². The fourth-order valence-corrected chi connectivity index (χ4v) is 3.69. The molecule has 0 spiro atoms. The number of hydrogen-bond donors (Lipinski definition) is 2. The van der Waals surface area contributed by atoms with E-state index in [-0.39, 0.29) is 15.5 Å². The molecule has 0 aliphatic rings. The normalized spacial score (nSPS) is 12.0. The number of anilines is 1. The Hall–Kier alpha value is -3.40. The largest absolute Gasteiger partial charge is 0.492 e. The monoisotopic (exact) mass is 488 g/mol. The summed E-state index contributed by atoms with van der Waals surface area (Å²) >= 11 is 6.08. The first-order valence-electron chi connectivity index (χ1n) is 9.81. The fraction of sp³-hybridized carbons (Fsp3) is 0.130. The molecule has 33 heavy (non-hydrogen) atoms. The summed E-state index contributed by atoms with van der Waals surface area (Å²) < 4.78 is 34.4. The maximum Gasteiger partial charge on any atom is 0.340 e. The van der Waals surface area contributed by atoms with Crippen LogP contribution in [0.1, 0.15) is 28.9 Å². The van der Waals surface area contributed by atoms with Crippen LogP contribution in [-0.4, -0.2) is 26.9 Å². The Morgan fingerprint density at radius 2 is 1.70 bits per heavy atom. The molecule has 3 aromatic carbocycles. The first-order valence-corrected chi connectivity index (χ1v) is 11.7. The maximum atomic E-state index is 13.2. The van der Waals surface area contributed by atoms with Gasteiger partial charge in [-0.3, -0.25) is 4.79 Å². The number of carbonyl (C=O) groups is 2. The second-order valence-corrected chi connectivity index (χ2v) is 8.77. The SMILES string of the molecule is CCOc1ccccc1NC(=O)C(OC(=O)c1cc(S(N)(=O)=O)ccc1Cl)c1ccccc1. The van der Waals surface area contributed by atoms with Crippen LogP contribution >= 0.6 is 11.6 Å². The Kier molecular flexibility index (Phi) is 7.70. The number of primary sulfonamides is 1. The van der Waals surface area contributed by atoms with E-state index in [1.165, 1.54) is 12.1 Å². The molecule has 3 N–H and O–H groups in total. The third-order valence-electron chi connectivity index (χ3n) is 4.50. The topological polar surface area (TPSA) is 125 Å². The van der Waals surface area contributed by atoms with E-state index in [0.717, 1.165) is 6.07 Å². The highest BCUT2D eigenvalue weighted by Crippen LogP contribution is 2.28. The van der Waals surface area contributed by atoms with E-state index in [1.807, 2.05) is 6.92 Å². The van der Waals surface area contributed by atoms with E-state index >= 15 is 0 Å². The van der Waals surface area contributed by atoms with Gasteiger partial charge in [-0.1, -0.05) is 54.1 Å². The molecule has 3 rings (SSSR count). The van der Waals surface area contributed by atoms with Gasteiger partial charge in [0.05, 0.1) is 27.8 Å². The van der Waals surface area contributed by atoms with Crippen molar-refractivity contribution in [2.75, 3.05) is 11.9 Å². The van der Waals surface area contributed by atoms with Crippen LogP contribution in [0.25, 0.3) is 0 Å². The number of nitrogens with two attached hydrogens (primary N) is 1. The number of benzene rings is 3. The van der Waals surface area contributed by atoms with E-state index in [0.29, 0.717) is 23.6 Å². The second-order valence-electron chi connectivity index (χ2n) is 6.80. The number of esters is 1. The first kappa shape index (κ1) is 24.2. The van der Waals surface area contributed by atoms with E-state index in [9.17, 15) is 18.0 Å². The lowest BCUT2D eigenvalue weighted by atomic mass is 10.1. The van der Waals surface area contributed by atoms with Gasteiger partial charge in [0.25, 0.3) is 5.91 Å². The molecule has 0 aromatic heterocycles. The first-order chi connectivity index (χ1) is 15.7. The van der Waals surface area contributed by atoms with Gasteiger partial charge in [-0.2, -0.15) is 0 Å². The predicted octanol–water partition coefficient (Wildman–Crippen LogP) is 3.92. The third kappa shape index (κ3) is 6.10. The van der Waals surface area contributed by atoms with E-state index < -0.39 is 28.0 Å². The average Bonchev–Trinajstić information content (AvgIpc) is 2.78. The van der Waals surface area contributed by atoms with Crippen LogP contribution in [0.4, 0.5) is 5.69 Å². The van der Waals surface area contributed by atoms with Gasteiger partial charge in [-0.15, -0.1) is 0 Å². The smallest absolute Gasteiger partial charge is 0.340 e. The van der Waals surface area contributed by atoms with Crippen LogP contribution in [0.15, 0.2) is 77.7 Å². The van der Waals surface area contributed by atoms with Crippen molar-refractivity contribution in [2.24, 2.45) is 5.14 Å². The molecule has 0 aliphatic heterocycles. The summed E-state index contributed by atoms with van der Waals surface area (Å²) in [7, 11) is -4.08. The zero-order valence-electron chi connectivity index (χ0n) is 17.5. The van der Waals surface area contributed by atoms with Crippen molar-refractivity contribution < 1.29 is 27.5 Å². The number of rotatable bonds is 8. The molecule has 1 atom stereocenters. The Morgan fingerprint density at radius 3 is 2.36 bits per heavy atom. The number of halogens is 1. The number of hydrogen-bond acceptors (Lipinski definition) is 6. The highest BCUT2D eigenvalue weighted by atomic mass is 35.5. The molecule has 1 unspecified atom stereocenters. The van der Waals surface area contributed by atoms with Gasteiger partial charge in [-0.05, 0) is 37.3 Å². The summed E-state index contributed by atoms with van der Waals surface area (Å²) in [6.45, 7) is 2.20.